The molecular weight excluding hydrogens is 246 g/mol. The number of carboxylic acid groups (broad SMARTS) is 1. The van der Waals surface area contributed by atoms with E-state index in [-0.39, 0.29) is 0 Å². The number of nitrogens with zero attached hydrogens (tertiary/aromatic N) is 1. The first-order valence-corrected chi connectivity index (χ1v) is 5.58. The summed E-state index contributed by atoms with van der Waals surface area (Å²) in [7, 11) is 3.14. The third kappa shape index (κ3) is 2.65. The quantitative estimate of drug-likeness (QED) is 0.853. The molecule has 0 atom stereocenters. The number of aromatic nitrogens is 1. The van der Waals surface area contributed by atoms with Crippen LogP contribution in [0.2, 0.25) is 0 Å². The van der Waals surface area contributed by atoms with Crippen molar-refractivity contribution in [2.24, 2.45) is 0 Å². The maximum atomic E-state index is 10.5. The van der Waals surface area contributed by atoms with Crippen LogP contribution in [0.4, 0.5) is 0 Å². The predicted octanol–water partition coefficient (Wildman–Crippen LogP) is 2.35. The Balaban J connectivity index is 2.60. The number of methoxy groups -OCH3 is 2. The molecule has 0 aliphatic rings. The molecule has 1 aromatic heterocycles. The standard InChI is InChI=1S/C14H13NO4/c1-18-11-6-7-12(19-2)14-10(11)5-3-9(15-14)4-8-13(16)17/h3-8H,1-2H3,(H,16,17)/b8-4+. The van der Waals surface area contributed by atoms with E-state index >= 15 is 0 Å². The molecular formula is C14H13NO4. The van der Waals surface area contributed by atoms with Crippen molar-refractivity contribution in [3.8, 4) is 11.5 Å². The van der Waals surface area contributed by atoms with Crippen molar-refractivity contribution in [2.75, 3.05) is 14.2 Å². The number of hydrogen-bond donors (Lipinski definition) is 1. The van der Waals surface area contributed by atoms with Gasteiger partial charge in [0.05, 0.1) is 19.9 Å². The normalized spacial score (nSPS) is 10.8. The highest BCUT2D eigenvalue weighted by atomic mass is 16.5. The summed E-state index contributed by atoms with van der Waals surface area (Å²) in [5.41, 5.74) is 1.18. The molecule has 0 spiro atoms. The van der Waals surface area contributed by atoms with Crippen LogP contribution in [-0.4, -0.2) is 30.3 Å². The van der Waals surface area contributed by atoms with E-state index in [1.165, 1.54) is 6.08 Å². The van der Waals surface area contributed by atoms with E-state index in [0.29, 0.717) is 22.7 Å². The lowest BCUT2D eigenvalue weighted by Crippen LogP contribution is -1.93. The van der Waals surface area contributed by atoms with Crippen molar-refractivity contribution < 1.29 is 19.4 Å². The summed E-state index contributed by atoms with van der Waals surface area (Å²) in [6.07, 6.45) is 2.47. The second-order valence-electron chi connectivity index (χ2n) is 3.77. The fraction of sp³-hybridized carbons (Fsp3) is 0.143. The summed E-state index contributed by atoms with van der Waals surface area (Å²) < 4.78 is 10.5. The van der Waals surface area contributed by atoms with Crippen molar-refractivity contribution in [3.05, 3.63) is 36.0 Å². The lowest BCUT2D eigenvalue weighted by atomic mass is 10.1. The highest BCUT2D eigenvalue weighted by Gasteiger charge is 2.08. The molecule has 0 aliphatic carbocycles. The van der Waals surface area contributed by atoms with E-state index in [4.69, 9.17) is 14.6 Å². The molecule has 0 bridgehead atoms. The fourth-order valence-corrected chi connectivity index (χ4v) is 1.77. The molecule has 0 fully saturated rings. The first-order chi connectivity index (χ1) is 9.15. The minimum Gasteiger partial charge on any atom is -0.496 e. The minimum absolute atomic E-state index is 0.543. The zero-order chi connectivity index (χ0) is 13.8. The number of pyridine rings is 1. The van der Waals surface area contributed by atoms with Crippen LogP contribution < -0.4 is 9.47 Å². The summed E-state index contributed by atoms with van der Waals surface area (Å²) in [6, 6.07) is 7.11. The first-order valence-electron chi connectivity index (χ1n) is 5.58. The molecule has 1 heterocycles. The molecule has 2 aromatic rings. The van der Waals surface area contributed by atoms with Crippen molar-refractivity contribution in [1.29, 1.82) is 0 Å². The van der Waals surface area contributed by atoms with Crippen molar-refractivity contribution in [3.63, 3.8) is 0 Å². The molecule has 0 saturated carbocycles. The highest BCUT2D eigenvalue weighted by Crippen LogP contribution is 2.31. The van der Waals surface area contributed by atoms with Gasteiger partial charge in [-0.2, -0.15) is 0 Å². The number of fused-ring (bicyclic) bond motifs is 1. The second kappa shape index (κ2) is 5.39. The summed E-state index contributed by atoms with van der Waals surface area (Å²) in [5, 5.41) is 9.43. The van der Waals surface area contributed by atoms with Crippen LogP contribution in [0.25, 0.3) is 17.0 Å². The fourth-order valence-electron chi connectivity index (χ4n) is 1.77. The Morgan fingerprint density at radius 1 is 1.16 bits per heavy atom. The van der Waals surface area contributed by atoms with Gasteiger partial charge < -0.3 is 14.6 Å². The van der Waals surface area contributed by atoms with Gasteiger partial charge in [0.25, 0.3) is 0 Å². The molecule has 98 valence electrons. The number of carboxylic acids is 1. The average Bonchev–Trinajstić information content (AvgIpc) is 2.43. The molecule has 0 saturated heterocycles. The SMILES string of the molecule is COc1ccc(OC)c2nc(/C=C/C(=O)O)ccc12. The Bertz CT molecular complexity index is 649. The lowest BCUT2D eigenvalue weighted by molar-refractivity contribution is -0.131. The van der Waals surface area contributed by atoms with Gasteiger partial charge in [0.2, 0.25) is 0 Å². The van der Waals surface area contributed by atoms with Crippen LogP contribution in [0.15, 0.2) is 30.3 Å². The number of rotatable bonds is 4. The van der Waals surface area contributed by atoms with E-state index in [1.807, 2.05) is 6.07 Å². The van der Waals surface area contributed by atoms with E-state index in [2.05, 4.69) is 4.98 Å². The van der Waals surface area contributed by atoms with Gasteiger partial charge in [0.1, 0.15) is 17.0 Å². The number of hydrogen-bond acceptors (Lipinski definition) is 4. The third-order valence-electron chi connectivity index (χ3n) is 2.64. The van der Waals surface area contributed by atoms with Crippen LogP contribution in [0, 0.1) is 0 Å². The Morgan fingerprint density at radius 3 is 2.47 bits per heavy atom. The molecule has 1 aromatic carbocycles. The maximum absolute atomic E-state index is 10.5. The number of aliphatic carboxylic acids is 1. The molecule has 0 aliphatic heterocycles. The summed E-state index contributed by atoms with van der Waals surface area (Å²) in [5.74, 6) is 0.290. The van der Waals surface area contributed by atoms with E-state index in [0.717, 1.165) is 11.5 Å². The molecule has 0 amide bonds. The van der Waals surface area contributed by atoms with Crippen molar-refractivity contribution in [1.82, 2.24) is 4.98 Å². The molecule has 5 nitrogen and oxygen atoms in total. The molecule has 0 radical (unpaired) electrons. The van der Waals surface area contributed by atoms with Gasteiger partial charge >= 0.3 is 5.97 Å². The van der Waals surface area contributed by atoms with Crippen LogP contribution in [0.3, 0.4) is 0 Å². The van der Waals surface area contributed by atoms with Gasteiger partial charge in [-0.1, -0.05) is 0 Å². The van der Waals surface area contributed by atoms with E-state index in [9.17, 15) is 4.79 Å². The average molecular weight is 259 g/mol. The second-order valence-corrected chi connectivity index (χ2v) is 3.77. The van der Waals surface area contributed by atoms with Crippen LogP contribution in [-0.2, 0) is 4.79 Å². The Kier molecular flexibility index (Phi) is 3.66. The van der Waals surface area contributed by atoms with Crippen LogP contribution >= 0.6 is 0 Å². The molecule has 1 N–H and O–H groups in total. The van der Waals surface area contributed by atoms with Gasteiger partial charge in [0.15, 0.2) is 0 Å². The Hall–Kier alpha value is -2.56. The number of benzene rings is 1. The highest BCUT2D eigenvalue weighted by molar-refractivity contribution is 5.91. The molecule has 5 heteroatoms. The lowest BCUT2D eigenvalue weighted by Gasteiger charge is -2.09. The van der Waals surface area contributed by atoms with Gasteiger partial charge in [-0.15, -0.1) is 0 Å². The third-order valence-corrected chi connectivity index (χ3v) is 2.64. The topological polar surface area (TPSA) is 68.7 Å². The predicted molar refractivity (Wildman–Crippen MR) is 71.5 cm³/mol. The minimum atomic E-state index is -1.01. The van der Waals surface area contributed by atoms with Gasteiger partial charge in [-0.3, -0.25) is 0 Å². The van der Waals surface area contributed by atoms with E-state index in [1.54, 1.807) is 32.4 Å². The Morgan fingerprint density at radius 2 is 1.84 bits per heavy atom. The smallest absolute Gasteiger partial charge is 0.328 e. The van der Waals surface area contributed by atoms with Crippen molar-refractivity contribution >= 4 is 22.9 Å². The molecule has 2 rings (SSSR count). The number of carbonyl (C=O) groups is 1. The summed E-state index contributed by atoms with van der Waals surface area (Å²) in [4.78, 5) is 14.9. The van der Waals surface area contributed by atoms with Gasteiger partial charge in [0, 0.05) is 11.5 Å². The maximum Gasteiger partial charge on any atom is 0.328 e. The zero-order valence-corrected chi connectivity index (χ0v) is 10.6. The van der Waals surface area contributed by atoms with Crippen molar-refractivity contribution in [2.45, 2.75) is 0 Å². The van der Waals surface area contributed by atoms with Gasteiger partial charge in [-0.25, -0.2) is 9.78 Å². The van der Waals surface area contributed by atoms with E-state index < -0.39 is 5.97 Å². The summed E-state index contributed by atoms with van der Waals surface area (Å²) >= 11 is 0. The zero-order valence-electron chi connectivity index (χ0n) is 10.6. The monoisotopic (exact) mass is 259 g/mol. The molecule has 19 heavy (non-hydrogen) atoms. The van der Waals surface area contributed by atoms with Gasteiger partial charge in [-0.05, 0) is 30.3 Å². The number of ether oxygens (including phenoxy) is 2. The first kappa shape index (κ1) is 12.9. The van der Waals surface area contributed by atoms with Crippen LogP contribution in [0.1, 0.15) is 5.69 Å². The largest absolute Gasteiger partial charge is 0.496 e. The summed E-state index contributed by atoms with van der Waals surface area (Å²) in [6.45, 7) is 0. The van der Waals surface area contributed by atoms with Crippen LogP contribution in [0.5, 0.6) is 11.5 Å². The molecule has 0 unspecified atom stereocenters. The Labute approximate surface area is 110 Å².